The maximum absolute atomic E-state index is 4.24. The lowest BCUT2D eigenvalue weighted by Crippen LogP contribution is -1.94. The molecule has 0 bridgehead atoms. The fourth-order valence-corrected chi connectivity index (χ4v) is 2.11. The van der Waals surface area contributed by atoms with E-state index in [2.05, 4.69) is 63.4 Å². The fraction of sp³-hybridized carbons (Fsp3) is 0.375. The van der Waals surface area contributed by atoms with Crippen LogP contribution < -0.4 is 0 Å². The number of halogens is 2. The minimum absolute atomic E-state index is 0.548. The highest BCUT2D eigenvalue weighted by Gasteiger charge is 2.05. The van der Waals surface area contributed by atoms with Gasteiger partial charge in [-0.3, -0.25) is 0 Å². The summed E-state index contributed by atoms with van der Waals surface area (Å²) in [4.78, 5) is 4.24. The molecular formula is C8H9BrIN. The van der Waals surface area contributed by atoms with Gasteiger partial charge in [0.05, 0.1) is 0 Å². The van der Waals surface area contributed by atoms with Gasteiger partial charge in [0.25, 0.3) is 0 Å². The minimum atomic E-state index is 0.548. The molecule has 1 aromatic rings. The maximum Gasteiger partial charge on any atom is 0.104 e. The number of hydrogen-bond acceptors (Lipinski definition) is 1. The van der Waals surface area contributed by atoms with Crippen molar-refractivity contribution in [1.82, 2.24) is 4.98 Å². The molecule has 0 N–H and O–H groups in total. The summed E-state index contributed by atoms with van der Waals surface area (Å²) in [5.41, 5.74) is 1.31. The topological polar surface area (TPSA) is 12.9 Å². The van der Waals surface area contributed by atoms with Gasteiger partial charge in [0.15, 0.2) is 0 Å². The first-order valence-corrected chi connectivity index (χ1v) is 5.29. The van der Waals surface area contributed by atoms with Gasteiger partial charge >= 0.3 is 0 Å². The summed E-state index contributed by atoms with van der Waals surface area (Å²) >= 11 is 5.66. The van der Waals surface area contributed by atoms with Crippen molar-refractivity contribution < 1.29 is 0 Å². The van der Waals surface area contributed by atoms with Gasteiger partial charge in [-0.2, -0.15) is 0 Å². The van der Waals surface area contributed by atoms with Gasteiger partial charge in [-0.25, -0.2) is 4.98 Å². The third kappa shape index (κ3) is 2.40. The molecule has 0 atom stereocenters. The Morgan fingerprint density at radius 1 is 1.55 bits per heavy atom. The second-order valence-electron chi connectivity index (χ2n) is 2.69. The van der Waals surface area contributed by atoms with Crippen LogP contribution in [0.15, 0.2) is 16.7 Å². The predicted octanol–water partition coefficient (Wildman–Crippen LogP) is 3.57. The van der Waals surface area contributed by atoms with E-state index in [0.29, 0.717) is 5.92 Å². The lowest BCUT2D eigenvalue weighted by molar-refractivity contribution is 0.846. The van der Waals surface area contributed by atoms with Gasteiger partial charge in [0.2, 0.25) is 0 Å². The van der Waals surface area contributed by atoms with E-state index in [9.17, 15) is 0 Å². The highest BCUT2D eigenvalue weighted by molar-refractivity contribution is 14.1. The van der Waals surface area contributed by atoms with Crippen LogP contribution >= 0.6 is 38.5 Å². The van der Waals surface area contributed by atoms with E-state index >= 15 is 0 Å². The van der Waals surface area contributed by atoms with Crippen LogP contribution in [-0.2, 0) is 0 Å². The van der Waals surface area contributed by atoms with Crippen LogP contribution in [0.1, 0.15) is 25.3 Å². The predicted molar refractivity (Wildman–Crippen MR) is 58.7 cm³/mol. The van der Waals surface area contributed by atoms with E-state index in [1.54, 1.807) is 0 Å². The van der Waals surface area contributed by atoms with E-state index in [1.807, 2.05) is 6.20 Å². The maximum atomic E-state index is 4.24. The zero-order chi connectivity index (χ0) is 8.43. The number of hydrogen-bond donors (Lipinski definition) is 0. The fourth-order valence-electron chi connectivity index (χ4n) is 0.843. The lowest BCUT2D eigenvalue weighted by atomic mass is 10.1. The molecule has 0 amide bonds. The average molecular weight is 326 g/mol. The Labute approximate surface area is 88.9 Å². The summed E-state index contributed by atoms with van der Waals surface area (Å²) in [6, 6.07) is 2.12. The van der Waals surface area contributed by atoms with Gasteiger partial charge in [-0.1, -0.05) is 13.8 Å². The van der Waals surface area contributed by atoms with E-state index < -0.39 is 0 Å². The Hall–Kier alpha value is 0.360. The van der Waals surface area contributed by atoms with Crippen LogP contribution in [0.2, 0.25) is 0 Å². The first kappa shape index (κ1) is 9.45. The molecule has 1 rings (SSSR count). The van der Waals surface area contributed by atoms with Crippen molar-refractivity contribution in [3.05, 3.63) is 26.0 Å². The summed E-state index contributed by atoms with van der Waals surface area (Å²) in [7, 11) is 0. The third-order valence-electron chi connectivity index (χ3n) is 1.45. The van der Waals surface area contributed by atoms with Crippen LogP contribution in [0.3, 0.4) is 0 Å². The first-order valence-electron chi connectivity index (χ1n) is 3.42. The largest absolute Gasteiger partial charge is 0.249 e. The number of pyridine rings is 1. The van der Waals surface area contributed by atoms with Crippen molar-refractivity contribution >= 4 is 38.5 Å². The van der Waals surface area contributed by atoms with Gasteiger partial charge in [-0.15, -0.1) is 0 Å². The molecule has 3 heteroatoms. The van der Waals surface area contributed by atoms with Crippen LogP contribution in [0.4, 0.5) is 0 Å². The number of aromatic nitrogens is 1. The van der Waals surface area contributed by atoms with Gasteiger partial charge in [-0.05, 0) is 56.1 Å². The van der Waals surface area contributed by atoms with Crippen molar-refractivity contribution in [2.75, 3.05) is 0 Å². The number of rotatable bonds is 1. The van der Waals surface area contributed by atoms with Gasteiger partial charge in [0.1, 0.15) is 3.70 Å². The van der Waals surface area contributed by atoms with Crippen molar-refractivity contribution in [1.29, 1.82) is 0 Å². The Kier molecular flexibility index (Phi) is 3.30. The SMILES string of the molecule is CC(C)c1cc(Br)cnc1I. The highest BCUT2D eigenvalue weighted by Crippen LogP contribution is 2.22. The molecule has 0 fully saturated rings. The summed E-state index contributed by atoms with van der Waals surface area (Å²) in [6.45, 7) is 4.34. The summed E-state index contributed by atoms with van der Waals surface area (Å²) in [5, 5.41) is 0. The molecule has 0 aliphatic rings. The second-order valence-corrected chi connectivity index (χ2v) is 4.63. The Balaban J connectivity index is 3.13. The van der Waals surface area contributed by atoms with Crippen molar-refractivity contribution in [3.63, 3.8) is 0 Å². The van der Waals surface area contributed by atoms with Crippen molar-refractivity contribution in [2.45, 2.75) is 19.8 Å². The quantitative estimate of drug-likeness (QED) is 0.568. The molecule has 0 unspecified atom stereocenters. The number of nitrogens with zero attached hydrogens (tertiary/aromatic N) is 1. The Morgan fingerprint density at radius 3 is 2.64 bits per heavy atom. The molecule has 0 saturated carbocycles. The zero-order valence-corrected chi connectivity index (χ0v) is 10.2. The second kappa shape index (κ2) is 3.85. The molecule has 11 heavy (non-hydrogen) atoms. The van der Waals surface area contributed by atoms with E-state index in [0.717, 1.165) is 8.17 Å². The molecule has 1 aromatic heterocycles. The lowest BCUT2D eigenvalue weighted by Gasteiger charge is -2.06. The summed E-state index contributed by atoms with van der Waals surface area (Å²) in [5.74, 6) is 0.548. The molecule has 0 spiro atoms. The summed E-state index contributed by atoms with van der Waals surface area (Å²) < 4.78 is 2.16. The van der Waals surface area contributed by atoms with E-state index in [4.69, 9.17) is 0 Å². The highest BCUT2D eigenvalue weighted by atomic mass is 127. The van der Waals surface area contributed by atoms with Crippen molar-refractivity contribution in [3.8, 4) is 0 Å². The molecular weight excluding hydrogens is 317 g/mol. The minimum Gasteiger partial charge on any atom is -0.249 e. The van der Waals surface area contributed by atoms with Crippen molar-refractivity contribution in [2.24, 2.45) is 0 Å². The first-order chi connectivity index (χ1) is 5.11. The van der Waals surface area contributed by atoms with Crippen LogP contribution in [-0.4, -0.2) is 4.98 Å². The third-order valence-corrected chi connectivity index (χ3v) is 2.79. The van der Waals surface area contributed by atoms with Gasteiger partial charge in [0, 0.05) is 10.7 Å². The molecule has 1 nitrogen and oxygen atoms in total. The Morgan fingerprint density at radius 2 is 2.18 bits per heavy atom. The smallest absolute Gasteiger partial charge is 0.104 e. The summed E-state index contributed by atoms with van der Waals surface area (Å²) in [6.07, 6.45) is 1.83. The van der Waals surface area contributed by atoms with Crippen LogP contribution in [0, 0.1) is 3.70 Å². The monoisotopic (exact) mass is 325 g/mol. The normalized spacial score (nSPS) is 10.6. The van der Waals surface area contributed by atoms with E-state index in [-0.39, 0.29) is 0 Å². The Bertz CT molecular complexity index is 260. The standard InChI is InChI=1S/C8H9BrIN/c1-5(2)7-3-6(9)4-11-8(7)10/h3-5H,1-2H3. The molecule has 60 valence electrons. The average Bonchev–Trinajstić information content (AvgIpc) is 1.94. The molecule has 0 saturated heterocycles. The van der Waals surface area contributed by atoms with E-state index in [1.165, 1.54) is 5.56 Å². The molecule has 0 aromatic carbocycles. The van der Waals surface area contributed by atoms with Gasteiger partial charge < -0.3 is 0 Å². The van der Waals surface area contributed by atoms with Crippen LogP contribution in [0.5, 0.6) is 0 Å². The molecule has 0 aliphatic carbocycles. The molecule has 0 aliphatic heterocycles. The molecule has 1 heterocycles. The van der Waals surface area contributed by atoms with Crippen LogP contribution in [0.25, 0.3) is 0 Å². The zero-order valence-electron chi connectivity index (χ0n) is 6.44. The molecule has 0 radical (unpaired) electrons.